The minimum atomic E-state index is 0.418. The molecule has 1 unspecified atom stereocenters. The summed E-state index contributed by atoms with van der Waals surface area (Å²) in [7, 11) is 0. The van der Waals surface area contributed by atoms with Gasteiger partial charge in [-0.2, -0.15) is 0 Å². The van der Waals surface area contributed by atoms with Crippen LogP contribution < -0.4 is 5.32 Å². The topological polar surface area (TPSA) is 12.0 Å². The lowest BCUT2D eigenvalue weighted by molar-refractivity contribution is 0.577. The highest BCUT2D eigenvalue weighted by molar-refractivity contribution is 7.99. The number of thioether (sulfide) groups is 1. The number of rotatable bonds is 7. The molecule has 1 atom stereocenters. The fourth-order valence-electron chi connectivity index (χ4n) is 2.16. The summed E-state index contributed by atoms with van der Waals surface area (Å²) in [5, 5.41) is 3.65. The quantitative estimate of drug-likeness (QED) is 0.731. The van der Waals surface area contributed by atoms with Gasteiger partial charge < -0.3 is 5.32 Å². The maximum absolute atomic E-state index is 3.65. The SMILES string of the molecule is CCCNC(CSc1cccc(C)c1)c1ccccc1. The van der Waals surface area contributed by atoms with Crippen LogP contribution in [-0.2, 0) is 0 Å². The molecule has 0 bridgehead atoms. The molecule has 0 radical (unpaired) electrons. The van der Waals surface area contributed by atoms with Crippen LogP contribution in [0.2, 0.25) is 0 Å². The number of benzene rings is 2. The van der Waals surface area contributed by atoms with E-state index < -0.39 is 0 Å². The molecule has 106 valence electrons. The molecule has 0 aliphatic rings. The van der Waals surface area contributed by atoms with Crippen LogP contribution in [0.25, 0.3) is 0 Å². The third kappa shape index (κ3) is 4.69. The zero-order valence-corrected chi connectivity index (χ0v) is 13.1. The Hall–Kier alpha value is -1.25. The van der Waals surface area contributed by atoms with E-state index in [-0.39, 0.29) is 0 Å². The molecule has 20 heavy (non-hydrogen) atoms. The van der Waals surface area contributed by atoms with Crippen LogP contribution in [0.5, 0.6) is 0 Å². The number of nitrogens with one attached hydrogen (secondary N) is 1. The molecule has 0 heterocycles. The Kier molecular flexibility index (Phi) is 6.16. The summed E-state index contributed by atoms with van der Waals surface area (Å²) in [5.74, 6) is 1.06. The Bertz CT molecular complexity index is 510. The van der Waals surface area contributed by atoms with Crippen LogP contribution >= 0.6 is 11.8 Å². The normalized spacial score (nSPS) is 12.3. The van der Waals surface area contributed by atoms with Gasteiger partial charge in [0.1, 0.15) is 0 Å². The van der Waals surface area contributed by atoms with Gasteiger partial charge in [-0.05, 0) is 37.6 Å². The summed E-state index contributed by atoms with van der Waals surface area (Å²) in [6, 6.07) is 19.9. The van der Waals surface area contributed by atoms with Gasteiger partial charge in [-0.25, -0.2) is 0 Å². The minimum absolute atomic E-state index is 0.418. The molecule has 1 N–H and O–H groups in total. The highest BCUT2D eigenvalue weighted by Crippen LogP contribution is 2.25. The Morgan fingerprint density at radius 1 is 1.05 bits per heavy atom. The molecule has 0 spiro atoms. The molecule has 0 aliphatic carbocycles. The van der Waals surface area contributed by atoms with E-state index in [1.54, 1.807) is 0 Å². The minimum Gasteiger partial charge on any atom is -0.309 e. The van der Waals surface area contributed by atoms with Gasteiger partial charge in [-0.15, -0.1) is 11.8 Å². The van der Waals surface area contributed by atoms with Crippen LogP contribution in [0.3, 0.4) is 0 Å². The van der Waals surface area contributed by atoms with E-state index in [0.29, 0.717) is 6.04 Å². The molecule has 0 amide bonds. The Morgan fingerprint density at radius 3 is 2.55 bits per heavy atom. The third-order valence-corrected chi connectivity index (χ3v) is 4.34. The zero-order valence-electron chi connectivity index (χ0n) is 12.3. The molecule has 2 aromatic carbocycles. The molecule has 2 rings (SSSR count). The standard InChI is InChI=1S/C18H23NS/c1-3-12-19-18(16-9-5-4-6-10-16)14-20-17-11-7-8-15(2)13-17/h4-11,13,18-19H,3,12,14H2,1-2H3. The number of hydrogen-bond donors (Lipinski definition) is 1. The van der Waals surface area contributed by atoms with Crippen molar-refractivity contribution in [1.29, 1.82) is 0 Å². The molecular formula is C18H23NS. The average molecular weight is 285 g/mol. The molecule has 2 heteroatoms. The Labute approximate surface area is 126 Å². The average Bonchev–Trinajstić information content (AvgIpc) is 2.48. The fourth-order valence-corrected chi connectivity index (χ4v) is 3.28. The summed E-state index contributed by atoms with van der Waals surface area (Å²) in [5.41, 5.74) is 2.70. The third-order valence-electron chi connectivity index (χ3n) is 3.25. The maximum Gasteiger partial charge on any atom is 0.0415 e. The summed E-state index contributed by atoms with van der Waals surface area (Å²) in [6.07, 6.45) is 1.17. The van der Waals surface area contributed by atoms with E-state index in [1.165, 1.54) is 22.4 Å². The molecule has 2 aromatic rings. The predicted molar refractivity (Wildman–Crippen MR) is 89.4 cm³/mol. The largest absolute Gasteiger partial charge is 0.309 e. The van der Waals surface area contributed by atoms with Crippen LogP contribution in [0, 0.1) is 6.92 Å². The van der Waals surface area contributed by atoms with Gasteiger partial charge in [0, 0.05) is 16.7 Å². The van der Waals surface area contributed by atoms with E-state index in [1.807, 2.05) is 11.8 Å². The van der Waals surface area contributed by atoms with Gasteiger partial charge in [0.25, 0.3) is 0 Å². The Balaban J connectivity index is 2.01. The zero-order chi connectivity index (χ0) is 14.2. The van der Waals surface area contributed by atoms with Crippen LogP contribution in [0.1, 0.15) is 30.5 Å². The summed E-state index contributed by atoms with van der Waals surface area (Å²) >= 11 is 1.93. The second-order valence-corrected chi connectivity index (χ2v) is 6.14. The lowest BCUT2D eigenvalue weighted by Crippen LogP contribution is -2.24. The van der Waals surface area contributed by atoms with Crippen molar-refractivity contribution in [1.82, 2.24) is 5.32 Å². The summed E-state index contributed by atoms with van der Waals surface area (Å²) in [4.78, 5) is 1.35. The maximum atomic E-state index is 3.65. The van der Waals surface area contributed by atoms with Gasteiger partial charge in [-0.3, -0.25) is 0 Å². The van der Waals surface area contributed by atoms with Gasteiger partial charge in [-0.1, -0.05) is 55.0 Å². The van der Waals surface area contributed by atoms with E-state index in [9.17, 15) is 0 Å². The van der Waals surface area contributed by atoms with Crippen molar-refractivity contribution < 1.29 is 0 Å². The van der Waals surface area contributed by atoms with Crippen molar-refractivity contribution in [3.05, 3.63) is 65.7 Å². The smallest absolute Gasteiger partial charge is 0.0415 e. The Morgan fingerprint density at radius 2 is 1.85 bits per heavy atom. The first-order valence-corrected chi connectivity index (χ1v) is 8.26. The monoisotopic (exact) mass is 285 g/mol. The second kappa shape index (κ2) is 8.13. The fraction of sp³-hybridized carbons (Fsp3) is 0.333. The van der Waals surface area contributed by atoms with Crippen molar-refractivity contribution in [2.75, 3.05) is 12.3 Å². The van der Waals surface area contributed by atoms with Crippen LogP contribution in [0.4, 0.5) is 0 Å². The predicted octanol–water partition coefficient (Wildman–Crippen LogP) is 4.83. The summed E-state index contributed by atoms with van der Waals surface area (Å²) < 4.78 is 0. The highest BCUT2D eigenvalue weighted by atomic mass is 32.2. The van der Waals surface area contributed by atoms with Gasteiger partial charge in [0.2, 0.25) is 0 Å². The molecule has 0 saturated heterocycles. The molecule has 0 saturated carbocycles. The van der Waals surface area contributed by atoms with Gasteiger partial charge >= 0.3 is 0 Å². The highest BCUT2D eigenvalue weighted by Gasteiger charge is 2.10. The van der Waals surface area contributed by atoms with Crippen molar-refractivity contribution in [3.63, 3.8) is 0 Å². The number of hydrogen-bond acceptors (Lipinski definition) is 2. The van der Waals surface area contributed by atoms with Crippen LogP contribution in [0.15, 0.2) is 59.5 Å². The van der Waals surface area contributed by atoms with Crippen molar-refractivity contribution >= 4 is 11.8 Å². The van der Waals surface area contributed by atoms with E-state index >= 15 is 0 Å². The molecule has 0 aliphatic heterocycles. The van der Waals surface area contributed by atoms with Gasteiger partial charge in [0.05, 0.1) is 0 Å². The first-order valence-electron chi connectivity index (χ1n) is 7.27. The summed E-state index contributed by atoms with van der Waals surface area (Å²) in [6.45, 7) is 5.42. The molecule has 1 nitrogen and oxygen atoms in total. The van der Waals surface area contributed by atoms with Crippen LogP contribution in [-0.4, -0.2) is 12.3 Å². The second-order valence-electron chi connectivity index (χ2n) is 5.04. The lowest BCUT2D eigenvalue weighted by atomic mass is 10.1. The lowest BCUT2D eigenvalue weighted by Gasteiger charge is -2.18. The van der Waals surface area contributed by atoms with E-state index in [4.69, 9.17) is 0 Å². The first kappa shape index (κ1) is 15.1. The molecular weight excluding hydrogens is 262 g/mol. The van der Waals surface area contributed by atoms with Gasteiger partial charge in [0.15, 0.2) is 0 Å². The first-order chi connectivity index (χ1) is 9.79. The van der Waals surface area contributed by atoms with E-state index in [2.05, 4.69) is 73.8 Å². The van der Waals surface area contributed by atoms with Crippen molar-refractivity contribution in [2.24, 2.45) is 0 Å². The molecule has 0 fully saturated rings. The molecule has 0 aromatic heterocycles. The van der Waals surface area contributed by atoms with Crippen molar-refractivity contribution in [2.45, 2.75) is 31.2 Å². The van der Waals surface area contributed by atoms with Crippen molar-refractivity contribution in [3.8, 4) is 0 Å². The van der Waals surface area contributed by atoms with E-state index in [0.717, 1.165) is 12.3 Å². The number of aryl methyl sites for hydroxylation is 1.